The zero-order chi connectivity index (χ0) is 20.6. The quantitative estimate of drug-likeness (QED) is 0.580. The number of aromatic nitrogens is 2. The molecule has 1 aromatic carbocycles. The van der Waals surface area contributed by atoms with Crippen molar-refractivity contribution in [1.82, 2.24) is 14.9 Å². The summed E-state index contributed by atoms with van der Waals surface area (Å²) < 4.78 is 0. The molecule has 0 saturated carbocycles. The van der Waals surface area contributed by atoms with E-state index in [0.717, 1.165) is 18.8 Å². The lowest BCUT2D eigenvalue weighted by atomic mass is 10.1. The van der Waals surface area contributed by atoms with Gasteiger partial charge in [-0.1, -0.05) is 30.3 Å². The molecule has 5 nitrogen and oxygen atoms in total. The summed E-state index contributed by atoms with van der Waals surface area (Å²) in [7, 11) is 1.83. The minimum absolute atomic E-state index is 0.0164. The number of amides is 1. The Morgan fingerprint density at radius 2 is 1.69 bits per heavy atom. The summed E-state index contributed by atoms with van der Waals surface area (Å²) in [6, 6.07) is 18.4. The molecule has 2 aromatic heterocycles. The van der Waals surface area contributed by atoms with Crippen LogP contribution in [0.25, 0.3) is 0 Å². The van der Waals surface area contributed by atoms with E-state index in [9.17, 15) is 4.79 Å². The highest BCUT2D eigenvalue weighted by molar-refractivity contribution is 5.93. The number of nitrogens with zero attached hydrogens (tertiary/aromatic N) is 4. The zero-order valence-electron chi connectivity index (χ0n) is 17.3. The van der Waals surface area contributed by atoms with E-state index in [2.05, 4.69) is 40.8 Å². The lowest BCUT2D eigenvalue weighted by Crippen LogP contribution is -2.31. The predicted molar refractivity (Wildman–Crippen MR) is 117 cm³/mol. The fraction of sp³-hybridized carbons (Fsp3) is 0.292. The summed E-state index contributed by atoms with van der Waals surface area (Å²) in [5, 5.41) is 0. The molecule has 0 radical (unpaired) electrons. The summed E-state index contributed by atoms with van der Waals surface area (Å²) in [6.45, 7) is 5.73. The van der Waals surface area contributed by atoms with E-state index in [-0.39, 0.29) is 5.91 Å². The lowest BCUT2D eigenvalue weighted by molar-refractivity contribution is 0.0796. The first-order valence-electron chi connectivity index (χ1n) is 9.95. The van der Waals surface area contributed by atoms with Gasteiger partial charge in [-0.05, 0) is 55.7 Å². The minimum atomic E-state index is -0.0164. The van der Waals surface area contributed by atoms with Crippen LogP contribution in [0.15, 0.2) is 73.2 Å². The van der Waals surface area contributed by atoms with Crippen molar-refractivity contribution >= 4 is 11.7 Å². The van der Waals surface area contributed by atoms with E-state index >= 15 is 0 Å². The van der Waals surface area contributed by atoms with Gasteiger partial charge in [0.05, 0.1) is 5.56 Å². The number of hydrogen-bond acceptors (Lipinski definition) is 4. The van der Waals surface area contributed by atoms with Crippen LogP contribution in [-0.4, -0.2) is 40.4 Å². The summed E-state index contributed by atoms with van der Waals surface area (Å²) in [4.78, 5) is 25.3. The van der Waals surface area contributed by atoms with Gasteiger partial charge >= 0.3 is 0 Å². The molecule has 0 aliphatic rings. The van der Waals surface area contributed by atoms with Gasteiger partial charge in [0, 0.05) is 44.8 Å². The molecule has 150 valence electrons. The van der Waals surface area contributed by atoms with Crippen LogP contribution in [-0.2, 0) is 13.0 Å². The number of anilines is 1. The van der Waals surface area contributed by atoms with E-state index in [1.54, 1.807) is 23.5 Å². The molecule has 0 aliphatic heterocycles. The summed E-state index contributed by atoms with van der Waals surface area (Å²) >= 11 is 0. The first-order valence-corrected chi connectivity index (χ1v) is 9.95. The average Bonchev–Trinajstić information content (AvgIpc) is 2.76. The third-order valence-corrected chi connectivity index (χ3v) is 4.94. The van der Waals surface area contributed by atoms with Crippen LogP contribution < -0.4 is 4.90 Å². The molecule has 2 heterocycles. The van der Waals surface area contributed by atoms with E-state index in [4.69, 9.17) is 0 Å². The van der Waals surface area contributed by atoms with Crippen molar-refractivity contribution in [2.24, 2.45) is 0 Å². The van der Waals surface area contributed by atoms with Crippen LogP contribution >= 0.6 is 0 Å². The van der Waals surface area contributed by atoms with Crippen molar-refractivity contribution in [2.45, 2.75) is 32.9 Å². The molecule has 0 atom stereocenters. The van der Waals surface area contributed by atoms with E-state index in [0.29, 0.717) is 18.2 Å². The Kier molecular flexibility index (Phi) is 6.95. The standard InChI is InChI=1S/C24H28N4O/c1-19(2)28(18-21-7-5-4-6-8-21)23-10-9-22(17-26-23)24(29)27(3)16-13-20-11-14-25-15-12-20/h4-12,14-15,17,19H,13,16,18H2,1-3H3. The van der Waals surface area contributed by atoms with Gasteiger partial charge in [-0.25, -0.2) is 4.98 Å². The predicted octanol–water partition coefficient (Wildman–Crippen LogP) is 4.21. The van der Waals surface area contributed by atoms with Crippen LogP contribution in [0.3, 0.4) is 0 Å². The second-order valence-electron chi connectivity index (χ2n) is 7.44. The van der Waals surface area contributed by atoms with Crippen LogP contribution in [0.4, 0.5) is 5.82 Å². The second-order valence-corrected chi connectivity index (χ2v) is 7.44. The topological polar surface area (TPSA) is 49.3 Å². The highest BCUT2D eigenvalue weighted by Gasteiger charge is 2.16. The molecule has 0 saturated heterocycles. The Morgan fingerprint density at radius 1 is 0.966 bits per heavy atom. The molecule has 0 unspecified atom stereocenters. The Balaban J connectivity index is 1.65. The number of rotatable bonds is 8. The first-order chi connectivity index (χ1) is 14.0. The fourth-order valence-corrected chi connectivity index (χ4v) is 3.16. The zero-order valence-corrected chi connectivity index (χ0v) is 17.3. The molecule has 0 spiro atoms. The largest absolute Gasteiger partial charge is 0.350 e. The molecule has 3 rings (SSSR count). The highest BCUT2D eigenvalue weighted by Crippen LogP contribution is 2.18. The SMILES string of the molecule is CC(C)N(Cc1ccccc1)c1ccc(C(=O)N(C)CCc2ccncc2)cn1. The Hall–Kier alpha value is -3.21. The summed E-state index contributed by atoms with van der Waals surface area (Å²) in [5.41, 5.74) is 3.01. The van der Waals surface area contributed by atoms with Crippen LogP contribution in [0.1, 0.15) is 35.3 Å². The Morgan fingerprint density at radius 3 is 2.31 bits per heavy atom. The number of pyridine rings is 2. The summed E-state index contributed by atoms with van der Waals surface area (Å²) in [6.07, 6.45) is 6.03. The van der Waals surface area contributed by atoms with Crippen molar-refractivity contribution in [2.75, 3.05) is 18.5 Å². The van der Waals surface area contributed by atoms with Gasteiger partial charge in [0.25, 0.3) is 5.91 Å². The average molecular weight is 389 g/mol. The minimum Gasteiger partial charge on any atom is -0.350 e. The normalized spacial score (nSPS) is 10.8. The maximum Gasteiger partial charge on any atom is 0.255 e. The van der Waals surface area contributed by atoms with Gasteiger partial charge in [-0.15, -0.1) is 0 Å². The molecule has 0 aliphatic carbocycles. The Bertz CT molecular complexity index is 895. The molecular weight excluding hydrogens is 360 g/mol. The molecule has 3 aromatic rings. The van der Waals surface area contributed by atoms with Gasteiger partial charge in [-0.3, -0.25) is 9.78 Å². The number of benzene rings is 1. The molecule has 1 amide bonds. The molecule has 0 N–H and O–H groups in total. The van der Waals surface area contributed by atoms with E-state index in [1.807, 2.05) is 49.5 Å². The maximum absolute atomic E-state index is 12.7. The van der Waals surface area contributed by atoms with Crippen LogP contribution in [0, 0.1) is 0 Å². The van der Waals surface area contributed by atoms with Crippen molar-refractivity contribution in [1.29, 1.82) is 0 Å². The van der Waals surface area contributed by atoms with E-state index < -0.39 is 0 Å². The van der Waals surface area contributed by atoms with Gasteiger partial charge in [0.1, 0.15) is 5.82 Å². The Labute approximate surface area is 173 Å². The maximum atomic E-state index is 12.7. The van der Waals surface area contributed by atoms with Crippen molar-refractivity contribution < 1.29 is 4.79 Å². The molecule has 0 bridgehead atoms. The lowest BCUT2D eigenvalue weighted by Gasteiger charge is -2.28. The highest BCUT2D eigenvalue weighted by atomic mass is 16.2. The third-order valence-electron chi connectivity index (χ3n) is 4.94. The van der Waals surface area contributed by atoms with E-state index in [1.165, 1.54) is 11.1 Å². The van der Waals surface area contributed by atoms with Gasteiger partial charge in [0.2, 0.25) is 0 Å². The summed E-state index contributed by atoms with van der Waals surface area (Å²) in [5.74, 6) is 0.858. The van der Waals surface area contributed by atoms with Gasteiger partial charge < -0.3 is 9.80 Å². The second kappa shape index (κ2) is 9.82. The molecule has 0 fully saturated rings. The van der Waals surface area contributed by atoms with Crippen molar-refractivity contribution in [3.63, 3.8) is 0 Å². The number of carbonyl (C=O) groups is 1. The number of carbonyl (C=O) groups excluding carboxylic acids is 1. The third kappa shape index (κ3) is 5.64. The smallest absolute Gasteiger partial charge is 0.255 e. The van der Waals surface area contributed by atoms with Gasteiger partial charge in [0.15, 0.2) is 0 Å². The number of likely N-dealkylation sites (N-methyl/N-ethyl adjacent to an activating group) is 1. The first kappa shape index (κ1) is 20.5. The number of hydrogen-bond donors (Lipinski definition) is 0. The monoisotopic (exact) mass is 388 g/mol. The van der Waals surface area contributed by atoms with Crippen molar-refractivity contribution in [3.05, 3.63) is 89.9 Å². The van der Waals surface area contributed by atoms with Crippen molar-refractivity contribution in [3.8, 4) is 0 Å². The van der Waals surface area contributed by atoms with Crippen LogP contribution in [0.5, 0.6) is 0 Å². The van der Waals surface area contributed by atoms with Crippen LogP contribution in [0.2, 0.25) is 0 Å². The fourth-order valence-electron chi connectivity index (χ4n) is 3.16. The molecule has 29 heavy (non-hydrogen) atoms. The van der Waals surface area contributed by atoms with Gasteiger partial charge in [-0.2, -0.15) is 0 Å². The molecular formula is C24H28N4O. The molecule has 5 heteroatoms.